The molecule has 1 fully saturated rings. The number of sulfonamides is 1. The summed E-state index contributed by atoms with van der Waals surface area (Å²) in [7, 11) is -3.71. The van der Waals surface area contributed by atoms with Gasteiger partial charge in [0.05, 0.1) is 16.9 Å². The van der Waals surface area contributed by atoms with Crippen molar-refractivity contribution in [2.75, 3.05) is 18.5 Å². The third kappa shape index (κ3) is 3.67. The van der Waals surface area contributed by atoms with Gasteiger partial charge >= 0.3 is 0 Å². The normalized spacial score (nSPS) is 22.2. The van der Waals surface area contributed by atoms with Crippen LogP contribution in [0.4, 0.5) is 5.69 Å². The van der Waals surface area contributed by atoms with Gasteiger partial charge in [0.25, 0.3) is 0 Å². The molecule has 2 atom stereocenters. The van der Waals surface area contributed by atoms with E-state index in [0.717, 1.165) is 23.3 Å². The number of nitrogens with zero attached hydrogens (tertiary/aromatic N) is 1. The van der Waals surface area contributed by atoms with E-state index in [1.165, 1.54) is 15.6 Å². The fourth-order valence-corrected chi connectivity index (χ4v) is 5.83. The minimum Gasteiger partial charge on any atom is -0.377 e. The number of carbonyl (C=O) groups is 1. The van der Waals surface area contributed by atoms with E-state index in [1.54, 1.807) is 25.1 Å². The Morgan fingerprint density at radius 1 is 1.33 bits per heavy atom. The lowest BCUT2D eigenvalue weighted by atomic mass is 10.0. The van der Waals surface area contributed by atoms with Crippen molar-refractivity contribution in [3.63, 3.8) is 0 Å². The fourth-order valence-electron chi connectivity index (χ4n) is 3.54. The maximum absolute atomic E-state index is 13.4. The molecule has 1 saturated heterocycles. The summed E-state index contributed by atoms with van der Waals surface area (Å²) in [5, 5.41) is 4.73. The minimum absolute atomic E-state index is 0.0728. The highest BCUT2D eigenvalue weighted by molar-refractivity contribution is 7.89. The molecule has 8 heteroatoms. The number of rotatable bonds is 6. The van der Waals surface area contributed by atoms with Crippen LogP contribution < -0.4 is 5.32 Å². The number of amides is 1. The van der Waals surface area contributed by atoms with Gasteiger partial charge in [-0.3, -0.25) is 4.79 Å². The predicted molar refractivity (Wildman–Crippen MR) is 104 cm³/mol. The van der Waals surface area contributed by atoms with E-state index in [2.05, 4.69) is 5.32 Å². The van der Waals surface area contributed by atoms with Crippen molar-refractivity contribution in [1.29, 1.82) is 0 Å². The molecule has 0 saturated carbocycles. The first-order valence-electron chi connectivity index (χ1n) is 9.04. The highest BCUT2D eigenvalue weighted by Crippen LogP contribution is 2.35. The van der Waals surface area contributed by atoms with Gasteiger partial charge in [-0.05, 0) is 55.0 Å². The lowest BCUT2D eigenvalue weighted by Crippen LogP contribution is -2.36. The Labute approximate surface area is 163 Å². The first kappa shape index (κ1) is 18.6. The van der Waals surface area contributed by atoms with Crippen LogP contribution >= 0.6 is 11.3 Å². The molecule has 6 nitrogen and oxygen atoms in total. The smallest absolute Gasteiger partial charge is 0.243 e. The molecule has 27 heavy (non-hydrogen) atoms. The molecule has 0 aliphatic carbocycles. The molecule has 0 unspecified atom stereocenters. The van der Waals surface area contributed by atoms with Crippen molar-refractivity contribution in [2.24, 2.45) is 0 Å². The number of hydrogen-bond acceptors (Lipinski definition) is 5. The summed E-state index contributed by atoms with van der Waals surface area (Å²) in [4.78, 5) is 13.1. The van der Waals surface area contributed by atoms with Crippen molar-refractivity contribution < 1.29 is 17.9 Å². The second-order valence-electron chi connectivity index (χ2n) is 6.97. The number of thiophene rings is 1. The summed E-state index contributed by atoms with van der Waals surface area (Å²) < 4.78 is 34.0. The van der Waals surface area contributed by atoms with Crippen LogP contribution in [-0.2, 0) is 26.1 Å². The van der Waals surface area contributed by atoms with E-state index >= 15 is 0 Å². The van der Waals surface area contributed by atoms with Crippen LogP contribution in [-0.4, -0.2) is 37.9 Å². The topological polar surface area (TPSA) is 75.7 Å². The molecule has 1 N–H and O–H groups in total. The number of nitrogens with one attached hydrogen (secondary N) is 1. The maximum atomic E-state index is 13.4. The van der Waals surface area contributed by atoms with E-state index in [0.29, 0.717) is 25.4 Å². The van der Waals surface area contributed by atoms with Gasteiger partial charge in [-0.25, -0.2) is 8.42 Å². The van der Waals surface area contributed by atoms with E-state index in [-0.39, 0.29) is 22.8 Å². The average molecular weight is 407 g/mol. The number of carbonyl (C=O) groups excluding carboxylic acids is 1. The minimum atomic E-state index is -3.71. The van der Waals surface area contributed by atoms with Crippen molar-refractivity contribution in [1.82, 2.24) is 4.31 Å². The summed E-state index contributed by atoms with van der Waals surface area (Å²) >= 11 is 1.54. The van der Waals surface area contributed by atoms with Gasteiger partial charge in [0.15, 0.2) is 0 Å². The standard InChI is InChI=1S/C19H22N2O4S2/c1-13-17-10-16(6-7-18(17)20-19(13)22)27(23,24)21(11-14-4-2-8-25-14)12-15-5-3-9-26-15/h3,5-7,9-10,13-14H,2,4,8,11-12H2,1H3,(H,20,22)/t13-,14-/m0/s1. The lowest BCUT2D eigenvalue weighted by molar-refractivity contribution is -0.116. The molecule has 1 amide bonds. The second kappa shape index (κ2) is 7.35. The average Bonchev–Trinajstić information content (AvgIpc) is 3.38. The molecule has 3 heterocycles. The van der Waals surface area contributed by atoms with Gasteiger partial charge in [-0.1, -0.05) is 6.07 Å². The van der Waals surface area contributed by atoms with E-state index in [4.69, 9.17) is 4.74 Å². The highest BCUT2D eigenvalue weighted by atomic mass is 32.2. The molecular weight excluding hydrogens is 384 g/mol. The summed E-state index contributed by atoms with van der Waals surface area (Å²) in [6.45, 7) is 3.13. The Morgan fingerprint density at radius 2 is 2.19 bits per heavy atom. The predicted octanol–water partition coefficient (Wildman–Crippen LogP) is 3.17. The van der Waals surface area contributed by atoms with Gasteiger partial charge in [0.1, 0.15) is 0 Å². The van der Waals surface area contributed by atoms with Crippen LogP contribution in [0.5, 0.6) is 0 Å². The summed E-state index contributed by atoms with van der Waals surface area (Å²) in [5.74, 6) is -0.451. The Hall–Kier alpha value is -1.74. The van der Waals surface area contributed by atoms with Crippen molar-refractivity contribution in [3.8, 4) is 0 Å². The largest absolute Gasteiger partial charge is 0.377 e. The molecule has 0 spiro atoms. The SMILES string of the molecule is C[C@@H]1C(=O)Nc2ccc(S(=O)(=O)N(Cc3cccs3)C[C@@H]3CCCO3)cc21. The Bertz CT molecular complexity index is 935. The Balaban J connectivity index is 1.66. The monoisotopic (exact) mass is 406 g/mol. The third-order valence-electron chi connectivity index (χ3n) is 5.12. The van der Waals surface area contributed by atoms with Gasteiger partial charge in [0.2, 0.25) is 15.9 Å². The molecule has 0 radical (unpaired) electrons. The van der Waals surface area contributed by atoms with Crippen LogP contribution in [0, 0.1) is 0 Å². The quantitative estimate of drug-likeness (QED) is 0.799. The molecular formula is C19H22N2O4S2. The molecule has 1 aromatic carbocycles. The van der Waals surface area contributed by atoms with E-state index in [9.17, 15) is 13.2 Å². The van der Waals surface area contributed by atoms with Crippen LogP contribution in [0.3, 0.4) is 0 Å². The van der Waals surface area contributed by atoms with Crippen molar-refractivity contribution in [2.45, 2.75) is 43.2 Å². The molecule has 144 valence electrons. The third-order valence-corrected chi connectivity index (χ3v) is 7.79. The zero-order valence-corrected chi connectivity index (χ0v) is 16.7. The van der Waals surface area contributed by atoms with Crippen LogP contribution in [0.2, 0.25) is 0 Å². The zero-order valence-electron chi connectivity index (χ0n) is 15.1. The first-order valence-corrected chi connectivity index (χ1v) is 11.4. The number of ether oxygens (including phenoxy) is 1. The van der Waals surface area contributed by atoms with Gasteiger partial charge < -0.3 is 10.1 Å². The second-order valence-corrected chi connectivity index (χ2v) is 9.94. The molecule has 1 aromatic heterocycles. The number of fused-ring (bicyclic) bond motifs is 1. The maximum Gasteiger partial charge on any atom is 0.243 e. The summed E-state index contributed by atoms with van der Waals surface area (Å²) in [6.07, 6.45) is 1.76. The number of benzene rings is 1. The highest BCUT2D eigenvalue weighted by Gasteiger charge is 2.32. The van der Waals surface area contributed by atoms with Gasteiger partial charge in [0, 0.05) is 30.3 Å². The number of anilines is 1. The van der Waals surface area contributed by atoms with Crippen molar-refractivity contribution >= 4 is 33.0 Å². The molecule has 4 rings (SSSR count). The summed E-state index contributed by atoms with van der Waals surface area (Å²) in [6, 6.07) is 8.74. The molecule has 0 bridgehead atoms. The van der Waals surface area contributed by atoms with Crippen molar-refractivity contribution in [3.05, 3.63) is 46.2 Å². The zero-order chi connectivity index (χ0) is 19.0. The van der Waals surface area contributed by atoms with Crippen LogP contribution in [0.15, 0.2) is 40.6 Å². The lowest BCUT2D eigenvalue weighted by Gasteiger charge is -2.24. The van der Waals surface area contributed by atoms with Crippen LogP contribution in [0.25, 0.3) is 0 Å². The van der Waals surface area contributed by atoms with Gasteiger partial charge in [-0.15, -0.1) is 11.3 Å². The van der Waals surface area contributed by atoms with Crippen LogP contribution in [0.1, 0.15) is 36.1 Å². The summed E-state index contributed by atoms with van der Waals surface area (Å²) in [5.41, 5.74) is 1.42. The Morgan fingerprint density at radius 3 is 2.89 bits per heavy atom. The Kier molecular flexibility index (Phi) is 5.07. The molecule has 2 aromatic rings. The molecule has 2 aliphatic rings. The van der Waals surface area contributed by atoms with E-state index in [1.807, 2.05) is 17.5 Å². The fraction of sp³-hybridized carbons (Fsp3) is 0.421. The first-order chi connectivity index (χ1) is 12.9. The van der Waals surface area contributed by atoms with E-state index < -0.39 is 10.0 Å². The molecule has 2 aliphatic heterocycles. The van der Waals surface area contributed by atoms with Gasteiger partial charge in [-0.2, -0.15) is 4.31 Å². The number of hydrogen-bond donors (Lipinski definition) is 1.